The molecule has 2 unspecified atom stereocenters. The number of aliphatic hydroxyl groups excluding tert-OH is 2. The van der Waals surface area contributed by atoms with Crippen LogP contribution in [-0.4, -0.2) is 47.4 Å². The van der Waals surface area contributed by atoms with E-state index < -0.39 is 12.1 Å². The number of rotatable bonds is 69. The maximum atomic E-state index is 12.5. The fourth-order valence-corrected chi connectivity index (χ4v) is 11.5. The van der Waals surface area contributed by atoms with Crippen molar-refractivity contribution in [3.63, 3.8) is 0 Å². The largest absolute Gasteiger partial charge is 0.466 e. The van der Waals surface area contributed by atoms with E-state index in [0.29, 0.717) is 19.4 Å². The molecule has 6 nitrogen and oxygen atoms in total. The Morgan fingerprint density at radius 2 is 0.580 bits per heavy atom. The Bertz CT molecular complexity index is 1310. The molecule has 0 spiro atoms. The van der Waals surface area contributed by atoms with Gasteiger partial charge in [0.15, 0.2) is 0 Å². The lowest BCUT2D eigenvalue weighted by Gasteiger charge is -2.20. The predicted octanol–water partition coefficient (Wildman–Crippen LogP) is 23.9. The minimum Gasteiger partial charge on any atom is -0.466 e. The molecule has 0 saturated heterocycles. The van der Waals surface area contributed by atoms with Crippen LogP contribution in [0, 0.1) is 0 Å². The van der Waals surface area contributed by atoms with Gasteiger partial charge in [-0.05, 0) is 83.5 Å². The predicted molar refractivity (Wildman–Crippen MR) is 356 cm³/mol. The van der Waals surface area contributed by atoms with Gasteiger partial charge in [0.25, 0.3) is 0 Å². The summed E-state index contributed by atoms with van der Waals surface area (Å²) in [4.78, 5) is 24.5. The second-order valence-corrected chi connectivity index (χ2v) is 25.3. The van der Waals surface area contributed by atoms with Crippen molar-refractivity contribution in [2.24, 2.45) is 0 Å². The van der Waals surface area contributed by atoms with Gasteiger partial charge in [-0.2, -0.15) is 0 Å². The van der Waals surface area contributed by atoms with Crippen molar-refractivity contribution in [2.75, 3.05) is 13.2 Å². The third-order valence-corrected chi connectivity index (χ3v) is 17.1. The van der Waals surface area contributed by atoms with Crippen LogP contribution in [0.3, 0.4) is 0 Å². The first kappa shape index (κ1) is 79.1. The van der Waals surface area contributed by atoms with Gasteiger partial charge in [0.2, 0.25) is 5.91 Å². The molecular formula is C75H143NO5. The molecule has 0 radical (unpaired) electrons. The van der Waals surface area contributed by atoms with E-state index in [4.69, 9.17) is 4.74 Å². The molecule has 2 atom stereocenters. The van der Waals surface area contributed by atoms with Gasteiger partial charge >= 0.3 is 5.97 Å². The highest BCUT2D eigenvalue weighted by atomic mass is 16.5. The summed E-state index contributed by atoms with van der Waals surface area (Å²) in [5.74, 6) is -0.0498. The van der Waals surface area contributed by atoms with E-state index in [2.05, 4.69) is 43.5 Å². The van der Waals surface area contributed by atoms with E-state index >= 15 is 0 Å². The molecule has 0 bridgehead atoms. The Morgan fingerprint density at radius 1 is 0.333 bits per heavy atom. The van der Waals surface area contributed by atoms with Gasteiger partial charge in [-0.3, -0.25) is 9.59 Å². The van der Waals surface area contributed by atoms with Crippen LogP contribution in [0.1, 0.15) is 406 Å². The van der Waals surface area contributed by atoms with Crippen molar-refractivity contribution < 1.29 is 24.5 Å². The zero-order chi connectivity index (χ0) is 58.5. The average molecular weight is 1140 g/mol. The molecule has 0 aliphatic carbocycles. The van der Waals surface area contributed by atoms with Gasteiger partial charge in [-0.1, -0.05) is 346 Å². The van der Waals surface area contributed by atoms with Crippen LogP contribution >= 0.6 is 0 Å². The molecule has 81 heavy (non-hydrogen) atoms. The van der Waals surface area contributed by atoms with Crippen LogP contribution < -0.4 is 5.32 Å². The first-order valence-electron chi connectivity index (χ1n) is 36.8. The summed E-state index contributed by atoms with van der Waals surface area (Å²) in [5, 5.41) is 23.1. The van der Waals surface area contributed by atoms with Crippen molar-refractivity contribution >= 4 is 11.9 Å². The number of amides is 1. The molecule has 0 aromatic rings. The Labute approximate surface area is 506 Å². The standard InChI is InChI=1S/C75H143NO5/c1-3-5-7-9-11-13-15-44-47-51-55-59-63-67-73(78)72(71-77)76-74(79)68-64-60-56-52-48-45-42-40-38-36-34-32-30-28-26-24-22-20-18-17-19-21-23-25-27-29-31-33-35-37-39-41-43-46-50-54-58-62-66-70-81-75(80)69-65-61-57-53-49-16-14-12-10-8-6-4-2/h12,14,17-18,63,67,72-73,77-78H,3-11,13,15-16,19-62,64-66,68-71H2,1-2H3,(H,76,79)/b14-12-,18-17-,67-63+. The molecular weight excluding hydrogens is 995 g/mol. The summed E-state index contributed by atoms with van der Waals surface area (Å²) < 4.78 is 5.48. The van der Waals surface area contributed by atoms with Gasteiger partial charge < -0.3 is 20.3 Å². The Balaban J connectivity index is 3.32. The molecule has 0 heterocycles. The summed E-state index contributed by atoms with van der Waals surface area (Å²) >= 11 is 0. The highest BCUT2D eigenvalue weighted by Gasteiger charge is 2.18. The molecule has 3 N–H and O–H groups in total. The maximum absolute atomic E-state index is 12.5. The summed E-state index contributed by atoms with van der Waals surface area (Å²) in [7, 11) is 0. The SMILES string of the molecule is CCCCC/C=C\CCCCCCCC(=O)OCCCCCCCCCCCCCCCCCCCC/C=C\CCCCCCCCCCCCCCCCCCCC(=O)NC(CO)C(O)/C=C/CCCCCCCCCCCCC. The molecule has 0 rings (SSSR count). The van der Waals surface area contributed by atoms with Gasteiger partial charge in [-0.25, -0.2) is 0 Å². The number of carbonyl (C=O) groups is 2. The minimum absolute atomic E-state index is 0.0124. The second kappa shape index (κ2) is 70.6. The van der Waals surface area contributed by atoms with E-state index in [0.717, 1.165) is 44.9 Å². The number of allylic oxidation sites excluding steroid dienone is 5. The quantitative estimate of drug-likeness (QED) is 0.0320. The topological polar surface area (TPSA) is 95.9 Å². The molecule has 0 aliphatic heterocycles. The Hall–Kier alpha value is -1.92. The summed E-state index contributed by atoms with van der Waals surface area (Å²) in [6.45, 7) is 4.90. The number of ether oxygens (including phenoxy) is 1. The molecule has 6 heteroatoms. The van der Waals surface area contributed by atoms with Gasteiger partial charge in [-0.15, -0.1) is 0 Å². The third kappa shape index (κ3) is 67.1. The fraction of sp³-hybridized carbons (Fsp3) is 0.893. The summed E-state index contributed by atoms with van der Waals surface area (Å²) in [5.41, 5.74) is 0. The average Bonchev–Trinajstić information content (AvgIpc) is 3.47. The highest BCUT2D eigenvalue weighted by molar-refractivity contribution is 5.76. The Morgan fingerprint density at radius 3 is 0.901 bits per heavy atom. The number of hydrogen-bond donors (Lipinski definition) is 3. The minimum atomic E-state index is -0.840. The van der Waals surface area contributed by atoms with E-state index in [1.165, 1.54) is 334 Å². The molecule has 0 aromatic heterocycles. The molecule has 1 amide bonds. The van der Waals surface area contributed by atoms with Crippen LogP contribution in [0.5, 0.6) is 0 Å². The maximum Gasteiger partial charge on any atom is 0.305 e. The van der Waals surface area contributed by atoms with Crippen molar-refractivity contribution in [2.45, 2.75) is 418 Å². The van der Waals surface area contributed by atoms with E-state index in [9.17, 15) is 19.8 Å². The molecule has 0 aliphatic rings. The smallest absolute Gasteiger partial charge is 0.305 e. The lowest BCUT2D eigenvalue weighted by molar-refractivity contribution is -0.143. The Kier molecular flexibility index (Phi) is 68.9. The van der Waals surface area contributed by atoms with Crippen molar-refractivity contribution in [3.05, 3.63) is 36.5 Å². The second-order valence-electron chi connectivity index (χ2n) is 25.3. The molecule has 478 valence electrons. The first-order chi connectivity index (χ1) is 40.0. The third-order valence-electron chi connectivity index (χ3n) is 17.1. The first-order valence-corrected chi connectivity index (χ1v) is 36.8. The van der Waals surface area contributed by atoms with Gasteiger partial charge in [0.05, 0.1) is 25.4 Å². The van der Waals surface area contributed by atoms with E-state index in [-0.39, 0.29) is 18.5 Å². The van der Waals surface area contributed by atoms with Crippen molar-refractivity contribution in [1.82, 2.24) is 5.32 Å². The number of aliphatic hydroxyl groups is 2. The van der Waals surface area contributed by atoms with Gasteiger partial charge in [0.1, 0.15) is 0 Å². The zero-order valence-electron chi connectivity index (χ0n) is 54.8. The van der Waals surface area contributed by atoms with Crippen LogP contribution in [0.2, 0.25) is 0 Å². The number of nitrogens with one attached hydrogen (secondary N) is 1. The number of hydrogen-bond acceptors (Lipinski definition) is 5. The van der Waals surface area contributed by atoms with Crippen LogP contribution in [0.4, 0.5) is 0 Å². The van der Waals surface area contributed by atoms with Crippen molar-refractivity contribution in [3.8, 4) is 0 Å². The highest BCUT2D eigenvalue weighted by Crippen LogP contribution is 2.19. The summed E-state index contributed by atoms with van der Waals surface area (Å²) in [6, 6.07) is -0.624. The zero-order valence-corrected chi connectivity index (χ0v) is 54.8. The number of esters is 1. The lowest BCUT2D eigenvalue weighted by atomic mass is 10.0. The number of carbonyl (C=O) groups excluding carboxylic acids is 2. The van der Waals surface area contributed by atoms with E-state index in [1.54, 1.807) is 6.08 Å². The van der Waals surface area contributed by atoms with E-state index in [1.807, 2.05) is 6.08 Å². The lowest BCUT2D eigenvalue weighted by Crippen LogP contribution is -2.45. The summed E-state index contributed by atoms with van der Waals surface area (Å²) in [6.07, 6.45) is 91.2. The van der Waals surface area contributed by atoms with Crippen LogP contribution in [0.15, 0.2) is 36.5 Å². The monoisotopic (exact) mass is 1140 g/mol. The van der Waals surface area contributed by atoms with Gasteiger partial charge in [0, 0.05) is 12.8 Å². The number of unbranched alkanes of at least 4 members (excludes halogenated alkanes) is 54. The normalized spacial score (nSPS) is 12.7. The van der Waals surface area contributed by atoms with Crippen LogP contribution in [0.25, 0.3) is 0 Å². The molecule has 0 aromatic carbocycles. The van der Waals surface area contributed by atoms with Crippen LogP contribution in [-0.2, 0) is 14.3 Å². The molecule has 0 saturated carbocycles. The molecule has 0 fully saturated rings. The fourth-order valence-electron chi connectivity index (χ4n) is 11.5. The van der Waals surface area contributed by atoms with Crippen molar-refractivity contribution in [1.29, 1.82) is 0 Å².